The molecule has 4 nitrogen and oxygen atoms in total. The minimum atomic E-state index is -0.307. The van der Waals surface area contributed by atoms with Crippen LogP contribution in [0.25, 0.3) is 5.69 Å². The third-order valence-corrected chi connectivity index (χ3v) is 4.81. The van der Waals surface area contributed by atoms with Crippen molar-refractivity contribution in [2.24, 2.45) is 0 Å². The number of thioether (sulfide) groups is 1. The van der Waals surface area contributed by atoms with E-state index in [0.29, 0.717) is 14.0 Å². The number of nitrogens with one attached hydrogen (secondary N) is 1. The highest BCUT2D eigenvalue weighted by Gasteiger charge is 2.15. The molecule has 1 aromatic carbocycles. The summed E-state index contributed by atoms with van der Waals surface area (Å²) in [4.78, 5) is 11.8. The lowest BCUT2D eigenvalue weighted by Gasteiger charge is -2.19. The molecule has 1 heterocycles. The van der Waals surface area contributed by atoms with E-state index in [2.05, 4.69) is 10.4 Å². The molecule has 2 rings (SSSR count). The fourth-order valence-corrected chi connectivity index (χ4v) is 3.81. The quantitative estimate of drug-likeness (QED) is 0.668. The Labute approximate surface area is 141 Å². The largest absolute Gasteiger partial charge is 0.351 e. The lowest BCUT2D eigenvalue weighted by Crippen LogP contribution is -2.41. The highest BCUT2D eigenvalue weighted by molar-refractivity contribution is 8.01. The molecular formula is C14H16FN3OS3. The summed E-state index contributed by atoms with van der Waals surface area (Å²) < 4.78 is 15.8. The number of nitrogens with zero attached hydrogens (tertiary/aromatic N) is 2. The van der Waals surface area contributed by atoms with Crippen molar-refractivity contribution >= 4 is 41.2 Å². The van der Waals surface area contributed by atoms with Crippen LogP contribution >= 0.6 is 35.3 Å². The van der Waals surface area contributed by atoms with Crippen LogP contribution in [0, 0.1) is 9.77 Å². The van der Waals surface area contributed by atoms with Gasteiger partial charge in [0.25, 0.3) is 0 Å². The number of carbonyl (C=O) groups is 1. The van der Waals surface area contributed by atoms with Crippen LogP contribution in [0.5, 0.6) is 0 Å². The van der Waals surface area contributed by atoms with Gasteiger partial charge in [0, 0.05) is 5.54 Å². The summed E-state index contributed by atoms with van der Waals surface area (Å²) in [6.07, 6.45) is 0. The van der Waals surface area contributed by atoms with Gasteiger partial charge in [-0.2, -0.15) is 0 Å². The number of carbonyl (C=O) groups excluding carboxylic acids is 1. The predicted octanol–water partition coefficient (Wildman–Crippen LogP) is 3.81. The first-order valence-corrected chi connectivity index (χ1v) is 8.75. The van der Waals surface area contributed by atoms with E-state index in [0.717, 1.165) is 0 Å². The van der Waals surface area contributed by atoms with Crippen molar-refractivity contribution < 1.29 is 9.18 Å². The number of aromatic nitrogens is 2. The first kappa shape index (κ1) is 17.1. The van der Waals surface area contributed by atoms with Gasteiger partial charge in [0.05, 0.1) is 11.4 Å². The van der Waals surface area contributed by atoms with E-state index in [-0.39, 0.29) is 23.0 Å². The third kappa shape index (κ3) is 4.89. The van der Waals surface area contributed by atoms with Crippen molar-refractivity contribution in [3.63, 3.8) is 0 Å². The summed E-state index contributed by atoms with van der Waals surface area (Å²) >= 11 is 7.93. The normalized spacial score (nSPS) is 11.5. The topological polar surface area (TPSA) is 46.9 Å². The van der Waals surface area contributed by atoms with E-state index < -0.39 is 0 Å². The molecule has 0 bridgehead atoms. The zero-order chi connectivity index (χ0) is 16.3. The molecule has 0 aliphatic rings. The molecule has 0 radical (unpaired) electrons. The Morgan fingerprint density at radius 1 is 1.41 bits per heavy atom. The van der Waals surface area contributed by atoms with E-state index in [1.807, 2.05) is 20.8 Å². The van der Waals surface area contributed by atoms with Crippen molar-refractivity contribution in [1.82, 2.24) is 15.1 Å². The SMILES string of the molecule is CC(C)(C)NC(=O)CSc1nn(-c2ccc(F)cc2)c(=S)s1. The van der Waals surface area contributed by atoms with E-state index in [4.69, 9.17) is 12.2 Å². The Morgan fingerprint density at radius 3 is 2.64 bits per heavy atom. The van der Waals surface area contributed by atoms with E-state index in [9.17, 15) is 9.18 Å². The minimum Gasteiger partial charge on any atom is -0.351 e. The maximum Gasteiger partial charge on any atom is 0.230 e. The zero-order valence-corrected chi connectivity index (χ0v) is 14.9. The molecule has 0 saturated heterocycles. The third-order valence-electron chi connectivity index (χ3n) is 2.44. The average Bonchev–Trinajstić information content (AvgIpc) is 2.77. The summed E-state index contributed by atoms with van der Waals surface area (Å²) in [5.74, 6) is -0.0749. The van der Waals surface area contributed by atoms with E-state index in [1.165, 1.54) is 35.2 Å². The Kier molecular flexibility index (Phi) is 5.36. The molecule has 0 aliphatic heterocycles. The smallest absolute Gasteiger partial charge is 0.230 e. The van der Waals surface area contributed by atoms with Crippen LogP contribution < -0.4 is 5.32 Å². The highest BCUT2D eigenvalue weighted by atomic mass is 32.2. The Hall–Kier alpha value is -1.25. The Balaban J connectivity index is 2.06. The first-order valence-electron chi connectivity index (χ1n) is 6.54. The first-order chi connectivity index (χ1) is 10.2. The van der Waals surface area contributed by atoms with Gasteiger partial charge < -0.3 is 5.32 Å². The standard InChI is InChI=1S/C14H16FN3OS3/c1-14(2,3)16-11(19)8-21-12-17-18(13(20)22-12)10-6-4-9(15)5-7-10/h4-7H,8H2,1-3H3,(H,16,19). The van der Waals surface area contributed by atoms with Gasteiger partial charge >= 0.3 is 0 Å². The summed E-state index contributed by atoms with van der Waals surface area (Å²) in [5, 5.41) is 7.26. The van der Waals surface area contributed by atoms with Crippen molar-refractivity contribution in [3.05, 3.63) is 34.0 Å². The van der Waals surface area contributed by atoms with E-state index in [1.54, 1.807) is 16.8 Å². The van der Waals surface area contributed by atoms with Gasteiger partial charge in [-0.25, -0.2) is 9.07 Å². The van der Waals surface area contributed by atoms with Crippen molar-refractivity contribution in [3.8, 4) is 5.69 Å². The monoisotopic (exact) mass is 357 g/mol. The van der Waals surface area contributed by atoms with Crippen LogP contribution in [0.1, 0.15) is 20.8 Å². The van der Waals surface area contributed by atoms with Gasteiger partial charge in [0.15, 0.2) is 8.29 Å². The van der Waals surface area contributed by atoms with Crippen molar-refractivity contribution in [1.29, 1.82) is 0 Å². The molecule has 0 saturated carbocycles. The Bertz CT molecular complexity index is 716. The molecule has 1 N–H and O–H groups in total. The summed E-state index contributed by atoms with van der Waals surface area (Å²) in [7, 11) is 0. The maximum atomic E-state index is 13.0. The summed E-state index contributed by atoms with van der Waals surface area (Å²) in [6, 6.07) is 5.96. The van der Waals surface area contributed by atoms with Crippen molar-refractivity contribution in [2.75, 3.05) is 5.75 Å². The molecule has 0 atom stereocenters. The van der Waals surface area contributed by atoms with Gasteiger partial charge in [-0.15, -0.1) is 5.10 Å². The predicted molar refractivity (Wildman–Crippen MR) is 90.9 cm³/mol. The van der Waals surface area contributed by atoms with Gasteiger partial charge in [0.1, 0.15) is 5.82 Å². The molecule has 1 aromatic heterocycles. The maximum absolute atomic E-state index is 13.0. The molecule has 1 amide bonds. The second-order valence-electron chi connectivity index (χ2n) is 5.61. The van der Waals surface area contributed by atoms with Gasteiger partial charge in [-0.3, -0.25) is 4.79 Å². The van der Waals surface area contributed by atoms with Crippen LogP contribution in [0.4, 0.5) is 4.39 Å². The second kappa shape index (κ2) is 6.89. The molecule has 22 heavy (non-hydrogen) atoms. The zero-order valence-electron chi connectivity index (χ0n) is 12.4. The molecule has 8 heteroatoms. The molecule has 0 spiro atoms. The molecular weight excluding hydrogens is 341 g/mol. The van der Waals surface area contributed by atoms with Crippen LogP contribution in [-0.4, -0.2) is 27.0 Å². The van der Waals surface area contributed by atoms with Crippen LogP contribution in [0.2, 0.25) is 0 Å². The fraction of sp³-hybridized carbons (Fsp3) is 0.357. The summed E-state index contributed by atoms with van der Waals surface area (Å²) in [6.45, 7) is 5.80. The van der Waals surface area contributed by atoms with Gasteiger partial charge in [-0.1, -0.05) is 23.1 Å². The van der Waals surface area contributed by atoms with Crippen molar-refractivity contribution in [2.45, 2.75) is 30.6 Å². The van der Waals surface area contributed by atoms with Crippen LogP contribution in [0.3, 0.4) is 0 Å². The molecule has 0 fully saturated rings. The molecule has 2 aromatic rings. The lowest BCUT2D eigenvalue weighted by molar-refractivity contribution is -0.119. The number of benzene rings is 1. The lowest BCUT2D eigenvalue weighted by atomic mass is 10.1. The van der Waals surface area contributed by atoms with E-state index >= 15 is 0 Å². The Morgan fingerprint density at radius 2 is 2.05 bits per heavy atom. The van der Waals surface area contributed by atoms with Crippen LogP contribution in [0.15, 0.2) is 28.6 Å². The number of halogens is 1. The number of amides is 1. The highest BCUT2D eigenvalue weighted by Crippen LogP contribution is 2.24. The average molecular weight is 358 g/mol. The number of hydrogen-bond donors (Lipinski definition) is 1. The fourth-order valence-electron chi connectivity index (χ4n) is 1.65. The van der Waals surface area contributed by atoms with Gasteiger partial charge in [0.2, 0.25) is 5.91 Å². The van der Waals surface area contributed by atoms with Gasteiger partial charge in [-0.05, 0) is 57.3 Å². The second-order valence-corrected chi connectivity index (χ2v) is 8.45. The van der Waals surface area contributed by atoms with Crippen LogP contribution in [-0.2, 0) is 4.79 Å². The number of rotatable bonds is 4. The molecule has 0 unspecified atom stereocenters. The minimum absolute atomic E-state index is 0.0491. The number of hydrogen-bond acceptors (Lipinski definition) is 5. The molecule has 0 aliphatic carbocycles. The molecule has 118 valence electrons. The summed E-state index contributed by atoms with van der Waals surface area (Å²) in [5.41, 5.74) is 0.450.